The third-order valence-corrected chi connectivity index (χ3v) is 4.61. The van der Waals surface area contributed by atoms with Crippen LogP contribution in [0.3, 0.4) is 0 Å². The summed E-state index contributed by atoms with van der Waals surface area (Å²) in [5, 5.41) is 3.85. The molecule has 1 aromatic heterocycles. The number of benzene rings is 1. The topological polar surface area (TPSA) is 72.2 Å². The van der Waals surface area contributed by atoms with Crippen molar-refractivity contribution >= 4 is 10.0 Å². The molecule has 6 heteroatoms. The number of hydrogen-bond donors (Lipinski definition) is 1. The van der Waals surface area contributed by atoms with Crippen LogP contribution in [-0.4, -0.2) is 20.1 Å². The van der Waals surface area contributed by atoms with Gasteiger partial charge in [-0.3, -0.25) is 0 Å². The van der Waals surface area contributed by atoms with E-state index in [0.29, 0.717) is 13.0 Å². The first-order valence-corrected chi connectivity index (χ1v) is 7.86. The molecule has 0 spiro atoms. The molecule has 0 saturated heterocycles. The van der Waals surface area contributed by atoms with Gasteiger partial charge in [0.2, 0.25) is 10.0 Å². The Balaban J connectivity index is 2.04. The molecule has 20 heavy (non-hydrogen) atoms. The molecule has 5 nitrogen and oxygen atoms in total. The Morgan fingerprint density at radius 1 is 1.25 bits per heavy atom. The van der Waals surface area contributed by atoms with Crippen LogP contribution in [0.1, 0.15) is 22.6 Å². The summed E-state index contributed by atoms with van der Waals surface area (Å²) in [4.78, 5) is 0.288. The van der Waals surface area contributed by atoms with Gasteiger partial charge < -0.3 is 4.52 Å². The average Bonchev–Trinajstić information content (AvgIpc) is 2.70. The molecule has 0 fully saturated rings. The first-order valence-electron chi connectivity index (χ1n) is 6.38. The number of nitrogens with one attached hydrogen (secondary N) is 1. The minimum absolute atomic E-state index is 0.288. The monoisotopic (exact) mass is 294 g/mol. The molecule has 1 aromatic carbocycles. The van der Waals surface area contributed by atoms with Crippen LogP contribution in [0.5, 0.6) is 0 Å². The van der Waals surface area contributed by atoms with E-state index in [4.69, 9.17) is 4.52 Å². The van der Waals surface area contributed by atoms with Crippen LogP contribution in [0.4, 0.5) is 0 Å². The van der Waals surface area contributed by atoms with Crippen molar-refractivity contribution < 1.29 is 12.9 Å². The van der Waals surface area contributed by atoms with Crippen molar-refractivity contribution in [3.63, 3.8) is 0 Å². The van der Waals surface area contributed by atoms with Crippen molar-refractivity contribution in [2.45, 2.75) is 32.1 Å². The molecule has 0 radical (unpaired) electrons. The lowest BCUT2D eigenvalue weighted by molar-refractivity contribution is 0.392. The predicted molar refractivity (Wildman–Crippen MR) is 76.0 cm³/mol. The summed E-state index contributed by atoms with van der Waals surface area (Å²) in [6.45, 7) is 5.85. The van der Waals surface area contributed by atoms with Crippen molar-refractivity contribution in [2.75, 3.05) is 6.54 Å². The van der Waals surface area contributed by atoms with Crippen LogP contribution in [0.15, 0.2) is 33.7 Å². The zero-order valence-electron chi connectivity index (χ0n) is 11.8. The lowest BCUT2D eigenvalue weighted by Gasteiger charge is -2.07. The Kier molecular flexibility index (Phi) is 4.25. The molecule has 1 N–H and O–H groups in total. The smallest absolute Gasteiger partial charge is 0.240 e. The van der Waals surface area contributed by atoms with Crippen molar-refractivity contribution in [2.24, 2.45) is 0 Å². The average molecular weight is 294 g/mol. The molecule has 0 aliphatic rings. The Morgan fingerprint density at radius 3 is 2.60 bits per heavy atom. The second-order valence-electron chi connectivity index (χ2n) is 4.77. The van der Waals surface area contributed by atoms with Crippen molar-refractivity contribution in [1.82, 2.24) is 9.88 Å². The van der Waals surface area contributed by atoms with Crippen LogP contribution >= 0.6 is 0 Å². The highest BCUT2D eigenvalue weighted by molar-refractivity contribution is 7.89. The van der Waals surface area contributed by atoms with E-state index in [2.05, 4.69) is 9.88 Å². The lowest BCUT2D eigenvalue weighted by atomic mass is 10.1. The summed E-state index contributed by atoms with van der Waals surface area (Å²) in [5.74, 6) is 0.734. The lowest BCUT2D eigenvalue weighted by Crippen LogP contribution is -2.26. The minimum Gasteiger partial charge on any atom is -0.361 e. The van der Waals surface area contributed by atoms with E-state index in [1.165, 1.54) is 0 Å². The summed E-state index contributed by atoms with van der Waals surface area (Å²) in [6.07, 6.45) is 0.562. The van der Waals surface area contributed by atoms with Gasteiger partial charge in [0.05, 0.1) is 10.6 Å². The van der Waals surface area contributed by atoms with Gasteiger partial charge in [-0.15, -0.1) is 0 Å². The standard InChI is InChI=1S/C14H18N2O3S/c1-10-5-4-6-13(9-10)20(17,18)15-8-7-14-11(2)16-19-12(14)3/h4-6,9,15H,7-8H2,1-3H3. The predicted octanol–water partition coefficient (Wildman–Crippen LogP) is 2.12. The highest BCUT2D eigenvalue weighted by atomic mass is 32.2. The zero-order valence-corrected chi connectivity index (χ0v) is 12.6. The van der Waals surface area contributed by atoms with Crippen molar-refractivity contribution in [1.29, 1.82) is 0 Å². The van der Waals surface area contributed by atoms with Gasteiger partial charge in [-0.1, -0.05) is 17.3 Å². The van der Waals surface area contributed by atoms with Gasteiger partial charge >= 0.3 is 0 Å². The molecule has 2 aromatic rings. The molecule has 0 aliphatic heterocycles. The highest BCUT2D eigenvalue weighted by Gasteiger charge is 2.15. The fourth-order valence-corrected chi connectivity index (χ4v) is 3.17. The molecule has 2 rings (SSSR count). The summed E-state index contributed by atoms with van der Waals surface area (Å²) < 4.78 is 31.9. The van der Waals surface area contributed by atoms with Gasteiger partial charge in [-0.2, -0.15) is 0 Å². The molecular formula is C14H18N2O3S. The van der Waals surface area contributed by atoms with E-state index < -0.39 is 10.0 Å². The number of aromatic nitrogens is 1. The first kappa shape index (κ1) is 14.7. The number of sulfonamides is 1. The van der Waals surface area contributed by atoms with Crippen LogP contribution < -0.4 is 4.72 Å². The molecule has 0 amide bonds. The fourth-order valence-electron chi connectivity index (χ4n) is 2.04. The number of nitrogens with zero attached hydrogens (tertiary/aromatic N) is 1. The van der Waals surface area contributed by atoms with Crippen LogP contribution in [0.2, 0.25) is 0 Å². The quantitative estimate of drug-likeness (QED) is 0.917. The Labute approximate surface area is 119 Å². The van der Waals surface area contributed by atoms with E-state index in [1.807, 2.05) is 26.8 Å². The molecular weight excluding hydrogens is 276 g/mol. The summed E-state index contributed by atoms with van der Waals surface area (Å²) in [6, 6.07) is 6.84. The van der Waals surface area contributed by atoms with E-state index >= 15 is 0 Å². The maximum atomic E-state index is 12.1. The molecule has 0 bridgehead atoms. The molecule has 0 saturated carbocycles. The number of rotatable bonds is 5. The zero-order chi connectivity index (χ0) is 14.8. The summed E-state index contributed by atoms with van der Waals surface area (Å²) in [5.41, 5.74) is 2.67. The van der Waals surface area contributed by atoms with Gasteiger partial charge in [0.25, 0.3) is 0 Å². The SMILES string of the molecule is Cc1cccc(S(=O)(=O)NCCc2c(C)noc2C)c1. The molecule has 0 atom stereocenters. The van der Waals surface area contributed by atoms with Crippen molar-refractivity contribution in [3.8, 4) is 0 Å². The second kappa shape index (κ2) is 5.76. The highest BCUT2D eigenvalue weighted by Crippen LogP contribution is 2.14. The fraction of sp³-hybridized carbons (Fsp3) is 0.357. The van der Waals surface area contributed by atoms with Crippen LogP contribution in [0, 0.1) is 20.8 Å². The van der Waals surface area contributed by atoms with Gasteiger partial charge in [0.15, 0.2) is 0 Å². The third-order valence-electron chi connectivity index (χ3n) is 3.15. The Hall–Kier alpha value is -1.66. The second-order valence-corrected chi connectivity index (χ2v) is 6.53. The van der Waals surface area contributed by atoms with E-state index in [-0.39, 0.29) is 4.90 Å². The maximum Gasteiger partial charge on any atom is 0.240 e. The third kappa shape index (κ3) is 3.26. The Bertz CT molecular complexity index is 685. The maximum absolute atomic E-state index is 12.1. The number of hydrogen-bond acceptors (Lipinski definition) is 4. The van der Waals surface area contributed by atoms with E-state index in [1.54, 1.807) is 18.2 Å². The molecule has 1 heterocycles. The Morgan fingerprint density at radius 2 is 2.00 bits per heavy atom. The van der Waals surface area contributed by atoms with Crippen LogP contribution in [-0.2, 0) is 16.4 Å². The van der Waals surface area contributed by atoms with Gasteiger partial charge in [-0.05, 0) is 44.9 Å². The normalized spacial score (nSPS) is 11.8. The van der Waals surface area contributed by atoms with E-state index in [0.717, 1.165) is 22.6 Å². The summed E-state index contributed by atoms with van der Waals surface area (Å²) in [7, 11) is -3.46. The van der Waals surface area contributed by atoms with Gasteiger partial charge in [-0.25, -0.2) is 13.1 Å². The number of aryl methyl sites for hydroxylation is 3. The molecule has 0 aliphatic carbocycles. The van der Waals surface area contributed by atoms with Gasteiger partial charge in [0, 0.05) is 12.1 Å². The van der Waals surface area contributed by atoms with E-state index in [9.17, 15) is 8.42 Å². The largest absolute Gasteiger partial charge is 0.361 e. The minimum atomic E-state index is -3.46. The first-order chi connectivity index (χ1) is 9.40. The molecule has 0 unspecified atom stereocenters. The van der Waals surface area contributed by atoms with Crippen LogP contribution in [0.25, 0.3) is 0 Å². The van der Waals surface area contributed by atoms with Crippen molar-refractivity contribution in [3.05, 3.63) is 46.8 Å². The molecule has 108 valence electrons. The van der Waals surface area contributed by atoms with Gasteiger partial charge in [0.1, 0.15) is 5.76 Å². The summed E-state index contributed by atoms with van der Waals surface area (Å²) >= 11 is 0.